The fourth-order valence-electron chi connectivity index (χ4n) is 1.74. The van der Waals surface area contributed by atoms with Crippen molar-refractivity contribution in [2.24, 2.45) is 0 Å². The number of hydrogen-bond donors (Lipinski definition) is 0. The van der Waals surface area contributed by atoms with Gasteiger partial charge in [0.15, 0.2) is 0 Å². The predicted octanol–water partition coefficient (Wildman–Crippen LogP) is 2.40. The molecule has 1 saturated heterocycles. The van der Waals surface area contributed by atoms with Crippen LogP contribution in [0.5, 0.6) is 5.75 Å². The van der Waals surface area contributed by atoms with E-state index in [4.69, 9.17) is 9.47 Å². The highest BCUT2D eigenvalue weighted by molar-refractivity contribution is 5.74. The Morgan fingerprint density at radius 3 is 2.53 bits per heavy atom. The van der Waals surface area contributed by atoms with Crippen molar-refractivity contribution in [1.29, 1.82) is 0 Å². The number of hydrogen-bond acceptors (Lipinski definition) is 3. The van der Waals surface area contributed by atoms with E-state index in [1.54, 1.807) is 24.3 Å². The van der Waals surface area contributed by atoms with Crippen LogP contribution in [0.4, 0.5) is 4.39 Å². The van der Waals surface area contributed by atoms with Crippen molar-refractivity contribution in [3.05, 3.63) is 29.8 Å². The lowest BCUT2D eigenvalue weighted by molar-refractivity contribution is -0.0323. The summed E-state index contributed by atoms with van der Waals surface area (Å²) in [4.78, 5) is 10.5. The molecule has 0 aliphatic carbocycles. The molecule has 3 nitrogen and oxygen atoms in total. The summed E-state index contributed by atoms with van der Waals surface area (Å²) in [6.45, 7) is 0.935. The van der Waals surface area contributed by atoms with E-state index in [2.05, 4.69) is 0 Å². The summed E-state index contributed by atoms with van der Waals surface area (Å²) >= 11 is 0. The van der Waals surface area contributed by atoms with Crippen LogP contribution in [0, 0.1) is 0 Å². The maximum Gasteiger partial charge on any atom is 0.150 e. The van der Waals surface area contributed by atoms with Crippen LogP contribution in [0.15, 0.2) is 24.3 Å². The fourth-order valence-corrected chi connectivity index (χ4v) is 1.74. The van der Waals surface area contributed by atoms with Gasteiger partial charge in [-0.2, -0.15) is 0 Å². The summed E-state index contributed by atoms with van der Waals surface area (Å²) in [5.74, 6) is 0.583. The number of aldehydes is 1. The van der Waals surface area contributed by atoms with Gasteiger partial charge in [-0.25, -0.2) is 4.39 Å². The van der Waals surface area contributed by atoms with Gasteiger partial charge in [-0.05, 0) is 24.3 Å². The third-order valence-electron chi connectivity index (χ3n) is 2.90. The van der Waals surface area contributed by atoms with Crippen molar-refractivity contribution in [3.63, 3.8) is 0 Å². The molecule has 0 N–H and O–H groups in total. The number of benzene rings is 1. The number of rotatable bonds is 4. The first-order valence-electron chi connectivity index (χ1n) is 5.67. The molecule has 1 aromatic carbocycles. The van der Waals surface area contributed by atoms with E-state index in [1.165, 1.54) is 0 Å². The van der Waals surface area contributed by atoms with Crippen molar-refractivity contribution < 1.29 is 18.7 Å². The Labute approximate surface area is 99.5 Å². The normalized spacial score (nSPS) is 18.6. The quantitative estimate of drug-likeness (QED) is 0.755. The van der Waals surface area contributed by atoms with Gasteiger partial charge >= 0.3 is 0 Å². The van der Waals surface area contributed by atoms with Gasteiger partial charge in [-0.1, -0.05) is 0 Å². The highest BCUT2D eigenvalue weighted by Crippen LogP contribution is 2.26. The highest BCUT2D eigenvalue weighted by Gasteiger charge is 2.33. The number of carbonyl (C=O) groups is 1. The van der Waals surface area contributed by atoms with Crippen LogP contribution in [0.3, 0.4) is 0 Å². The molecule has 92 valence electrons. The molecule has 0 amide bonds. The predicted molar refractivity (Wildman–Crippen MR) is 61.2 cm³/mol. The fraction of sp³-hybridized carbons (Fsp3) is 0.462. The Morgan fingerprint density at radius 1 is 1.29 bits per heavy atom. The molecule has 1 heterocycles. The minimum absolute atomic E-state index is 0.0385. The topological polar surface area (TPSA) is 35.5 Å². The molecule has 1 fully saturated rings. The van der Waals surface area contributed by atoms with Gasteiger partial charge < -0.3 is 9.47 Å². The largest absolute Gasteiger partial charge is 0.490 e. The summed E-state index contributed by atoms with van der Waals surface area (Å²) in [6.07, 6.45) is 1.51. The minimum Gasteiger partial charge on any atom is -0.490 e. The molecule has 0 spiro atoms. The zero-order valence-electron chi connectivity index (χ0n) is 9.52. The lowest BCUT2D eigenvalue weighted by atomic mass is 9.98. The van der Waals surface area contributed by atoms with Gasteiger partial charge in [0, 0.05) is 31.6 Å². The van der Waals surface area contributed by atoms with E-state index in [-0.39, 0.29) is 6.61 Å². The molecule has 0 saturated carbocycles. The number of ether oxygens (including phenoxy) is 2. The Morgan fingerprint density at radius 2 is 1.94 bits per heavy atom. The molecule has 17 heavy (non-hydrogen) atoms. The molecule has 0 unspecified atom stereocenters. The van der Waals surface area contributed by atoms with Crippen LogP contribution in [-0.2, 0) is 4.74 Å². The SMILES string of the molecule is O=Cc1ccc(OCC2(F)CCOCC2)cc1. The molecular weight excluding hydrogens is 223 g/mol. The summed E-state index contributed by atoms with van der Waals surface area (Å²) in [6, 6.07) is 6.65. The second kappa shape index (κ2) is 5.27. The van der Waals surface area contributed by atoms with Crippen LogP contribution in [-0.4, -0.2) is 31.8 Å². The molecule has 0 radical (unpaired) electrons. The number of carbonyl (C=O) groups excluding carboxylic acids is 1. The van der Waals surface area contributed by atoms with Gasteiger partial charge in [-0.3, -0.25) is 4.79 Å². The van der Waals surface area contributed by atoms with Crippen molar-refractivity contribution in [1.82, 2.24) is 0 Å². The van der Waals surface area contributed by atoms with Crippen molar-refractivity contribution >= 4 is 6.29 Å². The zero-order valence-corrected chi connectivity index (χ0v) is 9.52. The first-order chi connectivity index (χ1) is 8.22. The standard InChI is InChI=1S/C13H15FO3/c14-13(5-7-16-8-6-13)10-17-12-3-1-11(9-15)2-4-12/h1-4,9H,5-8,10H2. The van der Waals surface area contributed by atoms with Gasteiger partial charge in [0.05, 0.1) is 0 Å². The molecule has 1 aliphatic heterocycles. The van der Waals surface area contributed by atoms with Crippen LogP contribution < -0.4 is 4.74 Å². The summed E-state index contributed by atoms with van der Waals surface area (Å²) in [5, 5.41) is 0. The zero-order chi connectivity index (χ0) is 12.1. The third kappa shape index (κ3) is 3.27. The minimum atomic E-state index is -1.29. The van der Waals surface area contributed by atoms with Crippen molar-refractivity contribution in [2.75, 3.05) is 19.8 Å². The molecule has 1 aromatic rings. The van der Waals surface area contributed by atoms with Crippen LogP contribution >= 0.6 is 0 Å². The van der Waals surface area contributed by atoms with Crippen molar-refractivity contribution in [2.45, 2.75) is 18.5 Å². The Balaban J connectivity index is 1.89. The summed E-state index contributed by atoms with van der Waals surface area (Å²) < 4.78 is 24.7. The Hall–Kier alpha value is -1.42. The third-order valence-corrected chi connectivity index (χ3v) is 2.90. The van der Waals surface area contributed by atoms with E-state index in [9.17, 15) is 9.18 Å². The molecule has 0 aromatic heterocycles. The molecule has 0 bridgehead atoms. The maximum absolute atomic E-state index is 14.1. The van der Waals surface area contributed by atoms with E-state index in [1.807, 2.05) is 0 Å². The van der Waals surface area contributed by atoms with E-state index in [0.29, 0.717) is 37.4 Å². The first-order valence-corrected chi connectivity index (χ1v) is 5.67. The van der Waals surface area contributed by atoms with E-state index >= 15 is 0 Å². The first kappa shape index (κ1) is 12.0. The smallest absolute Gasteiger partial charge is 0.150 e. The Bertz CT molecular complexity index is 369. The van der Waals surface area contributed by atoms with Crippen LogP contribution in [0.1, 0.15) is 23.2 Å². The van der Waals surface area contributed by atoms with Crippen molar-refractivity contribution in [3.8, 4) is 5.75 Å². The van der Waals surface area contributed by atoms with E-state index in [0.717, 1.165) is 6.29 Å². The monoisotopic (exact) mass is 238 g/mol. The van der Waals surface area contributed by atoms with E-state index < -0.39 is 5.67 Å². The number of alkyl halides is 1. The summed E-state index contributed by atoms with van der Waals surface area (Å²) in [5.41, 5.74) is -0.708. The number of halogens is 1. The Kier molecular flexibility index (Phi) is 3.74. The average Bonchev–Trinajstić information content (AvgIpc) is 2.38. The van der Waals surface area contributed by atoms with Gasteiger partial charge in [0.2, 0.25) is 0 Å². The lowest BCUT2D eigenvalue weighted by Gasteiger charge is -2.29. The highest BCUT2D eigenvalue weighted by atomic mass is 19.1. The van der Waals surface area contributed by atoms with Gasteiger partial charge in [0.25, 0.3) is 0 Å². The molecule has 0 atom stereocenters. The molecule has 1 aliphatic rings. The lowest BCUT2D eigenvalue weighted by Crippen LogP contribution is -2.37. The molecule has 4 heteroatoms. The van der Waals surface area contributed by atoms with Gasteiger partial charge in [0.1, 0.15) is 24.3 Å². The molecule has 2 rings (SSSR count). The second-order valence-electron chi connectivity index (χ2n) is 4.24. The molecular formula is C13H15FO3. The average molecular weight is 238 g/mol. The maximum atomic E-state index is 14.1. The van der Waals surface area contributed by atoms with Crippen LogP contribution in [0.25, 0.3) is 0 Å². The second-order valence-corrected chi connectivity index (χ2v) is 4.24. The van der Waals surface area contributed by atoms with Gasteiger partial charge in [-0.15, -0.1) is 0 Å². The van der Waals surface area contributed by atoms with Crippen LogP contribution in [0.2, 0.25) is 0 Å². The summed E-state index contributed by atoms with van der Waals surface area (Å²) in [7, 11) is 0.